The Labute approximate surface area is 165 Å². The summed E-state index contributed by atoms with van der Waals surface area (Å²) in [5.74, 6) is 0.540. The Morgan fingerprint density at radius 1 is 1.18 bits per heavy atom. The second-order valence-corrected chi connectivity index (χ2v) is 7.85. The van der Waals surface area contributed by atoms with E-state index < -0.39 is 17.1 Å². The maximum absolute atomic E-state index is 11.2. The van der Waals surface area contributed by atoms with Gasteiger partial charge in [-0.2, -0.15) is 0 Å². The molecule has 0 spiro atoms. The normalized spacial score (nSPS) is 26.0. The largest absolute Gasteiger partial charge is 0.473 e. The standard InChI is InChI=1S/C19H30N4O5/c1-14(24)10-20-5-6-21-12-16-3-4-17(23(26)27)9-18(16)28-19(13-21)22(8-7-20)11-15(2)25/h3-4,9,14-15,19,24-25H,5-8,10-13H2,1-2H3/t14-,15-,19?/m0/s1. The van der Waals surface area contributed by atoms with Crippen molar-refractivity contribution in [2.24, 2.45) is 0 Å². The fraction of sp³-hybridized carbons (Fsp3) is 0.684. The monoisotopic (exact) mass is 394 g/mol. The van der Waals surface area contributed by atoms with E-state index in [4.69, 9.17) is 4.74 Å². The summed E-state index contributed by atoms with van der Waals surface area (Å²) in [6, 6.07) is 4.78. The van der Waals surface area contributed by atoms with Gasteiger partial charge in [-0.25, -0.2) is 0 Å². The minimum atomic E-state index is -0.518. The number of benzene rings is 1. The van der Waals surface area contributed by atoms with E-state index in [1.54, 1.807) is 19.9 Å². The molecule has 2 aliphatic heterocycles. The molecule has 2 N–H and O–H groups in total. The molecule has 0 aliphatic carbocycles. The summed E-state index contributed by atoms with van der Waals surface area (Å²) in [5, 5.41) is 30.9. The highest BCUT2D eigenvalue weighted by atomic mass is 16.6. The van der Waals surface area contributed by atoms with Gasteiger partial charge in [-0.05, 0) is 19.9 Å². The first kappa shape index (κ1) is 20.9. The highest BCUT2D eigenvalue weighted by molar-refractivity contribution is 5.44. The van der Waals surface area contributed by atoms with Gasteiger partial charge in [0, 0.05) is 64.0 Å². The van der Waals surface area contributed by atoms with Crippen LogP contribution in [-0.4, -0.2) is 94.1 Å². The molecule has 2 heterocycles. The smallest absolute Gasteiger partial charge is 0.273 e. The fourth-order valence-electron chi connectivity index (χ4n) is 3.88. The molecule has 1 fully saturated rings. The van der Waals surface area contributed by atoms with E-state index in [9.17, 15) is 20.3 Å². The van der Waals surface area contributed by atoms with Crippen molar-refractivity contribution in [3.8, 4) is 5.75 Å². The predicted octanol–water partition coefficient (Wildman–Crippen LogP) is 0.495. The number of aliphatic hydroxyl groups is 2. The molecular weight excluding hydrogens is 364 g/mol. The number of rotatable bonds is 5. The quantitative estimate of drug-likeness (QED) is 0.550. The van der Waals surface area contributed by atoms with E-state index in [1.807, 2.05) is 0 Å². The summed E-state index contributed by atoms with van der Waals surface area (Å²) >= 11 is 0. The lowest BCUT2D eigenvalue weighted by atomic mass is 10.1. The molecule has 0 radical (unpaired) electrons. The molecule has 9 heteroatoms. The summed E-state index contributed by atoms with van der Waals surface area (Å²) in [5.41, 5.74) is 0.941. The second-order valence-electron chi connectivity index (χ2n) is 7.85. The molecular formula is C19H30N4O5. The topological polar surface area (TPSA) is 103 Å². The van der Waals surface area contributed by atoms with Crippen LogP contribution >= 0.6 is 0 Å². The van der Waals surface area contributed by atoms with Crippen LogP contribution in [0.2, 0.25) is 0 Å². The summed E-state index contributed by atoms with van der Waals surface area (Å²) in [6.07, 6.45) is -1.22. The second kappa shape index (κ2) is 9.15. The zero-order valence-corrected chi connectivity index (χ0v) is 16.5. The number of ether oxygens (including phenoxy) is 1. The number of non-ortho nitro benzene ring substituents is 1. The van der Waals surface area contributed by atoms with Gasteiger partial charge < -0.3 is 14.9 Å². The number of nitrogens with zero attached hydrogens (tertiary/aromatic N) is 4. The van der Waals surface area contributed by atoms with Crippen molar-refractivity contribution in [2.45, 2.75) is 38.8 Å². The van der Waals surface area contributed by atoms with E-state index in [2.05, 4.69) is 14.7 Å². The Morgan fingerprint density at radius 2 is 1.89 bits per heavy atom. The molecule has 1 saturated heterocycles. The average Bonchev–Trinajstić information content (AvgIpc) is 2.75. The van der Waals surface area contributed by atoms with E-state index in [0.717, 1.165) is 25.2 Å². The van der Waals surface area contributed by atoms with Gasteiger partial charge in [-0.1, -0.05) is 0 Å². The molecule has 4 atom stereocenters. The molecule has 28 heavy (non-hydrogen) atoms. The molecule has 2 aliphatic rings. The van der Waals surface area contributed by atoms with Crippen LogP contribution in [0.25, 0.3) is 0 Å². The summed E-state index contributed by atoms with van der Waals surface area (Å²) < 4.78 is 6.24. The molecule has 9 nitrogen and oxygen atoms in total. The van der Waals surface area contributed by atoms with E-state index >= 15 is 0 Å². The van der Waals surface area contributed by atoms with Gasteiger partial charge in [0.15, 0.2) is 6.23 Å². The lowest BCUT2D eigenvalue weighted by Gasteiger charge is -2.33. The van der Waals surface area contributed by atoms with Crippen LogP contribution < -0.4 is 4.74 Å². The molecule has 1 aromatic rings. The van der Waals surface area contributed by atoms with Crippen molar-refractivity contribution in [2.75, 3.05) is 45.8 Å². The number of nitro groups is 1. The molecule has 0 aromatic heterocycles. The number of hydrogen-bond acceptors (Lipinski definition) is 8. The molecule has 3 rings (SSSR count). The van der Waals surface area contributed by atoms with Crippen LogP contribution in [-0.2, 0) is 6.54 Å². The van der Waals surface area contributed by atoms with Crippen molar-refractivity contribution >= 4 is 5.69 Å². The number of fused-ring (bicyclic) bond motifs is 3. The first-order valence-corrected chi connectivity index (χ1v) is 9.80. The zero-order valence-electron chi connectivity index (χ0n) is 16.5. The fourth-order valence-corrected chi connectivity index (χ4v) is 3.88. The Bertz CT molecular complexity index is 684. The van der Waals surface area contributed by atoms with Crippen LogP contribution in [0.15, 0.2) is 18.2 Å². The van der Waals surface area contributed by atoms with Gasteiger partial charge in [0.1, 0.15) is 5.75 Å². The lowest BCUT2D eigenvalue weighted by molar-refractivity contribution is -0.385. The maximum Gasteiger partial charge on any atom is 0.273 e. The predicted molar refractivity (Wildman–Crippen MR) is 104 cm³/mol. The minimum Gasteiger partial charge on any atom is -0.473 e. The van der Waals surface area contributed by atoms with Crippen LogP contribution in [0.5, 0.6) is 5.75 Å². The third kappa shape index (κ3) is 5.39. The molecule has 1 aromatic carbocycles. The van der Waals surface area contributed by atoms with Crippen LogP contribution in [0, 0.1) is 10.1 Å². The maximum atomic E-state index is 11.2. The number of hydrogen-bond donors (Lipinski definition) is 2. The number of β-amino-alcohol motifs (C(OH)–C–C–N with tert-alkyl or cyclic N) is 2. The summed E-state index contributed by atoms with van der Waals surface area (Å²) in [7, 11) is 0. The van der Waals surface area contributed by atoms with Gasteiger partial charge in [0.2, 0.25) is 0 Å². The van der Waals surface area contributed by atoms with E-state index in [1.165, 1.54) is 12.1 Å². The van der Waals surface area contributed by atoms with Crippen molar-refractivity contribution in [3.63, 3.8) is 0 Å². The Hall–Kier alpha value is -1.78. The number of aliphatic hydroxyl groups excluding tert-OH is 2. The van der Waals surface area contributed by atoms with Crippen molar-refractivity contribution < 1.29 is 19.9 Å². The van der Waals surface area contributed by atoms with E-state index in [-0.39, 0.29) is 11.9 Å². The Balaban J connectivity index is 1.88. The van der Waals surface area contributed by atoms with Gasteiger partial charge >= 0.3 is 0 Å². The Kier molecular flexibility index (Phi) is 6.84. The van der Waals surface area contributed by atoms with Crippen LogP contribution in [0.1, 0.15) is 19.4 Å². The molecule has 0 saturated carbocycles. The highest BCUT2D eigenvalue weighted by Gasteiger charge is 2.31. The molecule has 2 bridgehead atoms. The zero-order chi connectivity index (χ0) is 20.3. The van der Waals surface area contributed by atoms with Crippen LogP contribution in [0.3, 0.4) is 0 Å². The Morgan fingerprint density at radius 3 is 2.57 bits per heavy atom. The van der Waals surface area contributed by atoms with Crippen molar-refractivity contribution in [1.29, 1.82) is 0 Å². The number of nitro benzene ring substituents is 1. The third-order valence-corrected chi connectivity index (χ3v) is 5.20. The highest BCUT2D eigenvalue weighted by Crippen LogP contribution is 2.30. The summed E-state index contributed by atoms with van der Waals surface area (Å²) in [6.45, 7) is 8.95. The molecule has 0 amide bonds. The first-order chi connectivity index (χ1) is 13.3. The van der Waals surface area contributed by atoms with E-state index in [0.29, 0.717) is 38.5 Å². The summed E-state index contributed by atoms with van der Waals surface area (Å²) in [4.78, 5) is 17.3. The average molecular weight is 394 g/mol. The van der Waals surface area contributed by atoms with Gasteiger partial charge in [0.05, 0.1) is 23.2 Å². The van der Waals surface area contributed by atoms with Gasteiger partial charge in [-0.15, -0.1) is 0 Å². The third-order valence-electron chi connectivity index (χ3n) is 5.20. The van der Waals surface area contributed by atoms with Crippen LogP contribution in [0.4, 0.5) is 5.69 Å². The van der Waals surface area contributed by atoms with Crippen molar-refractivity contribution in [1.82, 2.24) is 14.7 Å². The molecule has 156 valence electrons. The SMILES string of the molecule is C[C@H](O)CN1CCN2Cc3ccc([N+](=O)[O-])cc3OC(C2)N(C[C@H](C)O)CC1. The first-order valence-electron chi connectivity index (χ1n) is 9.80. The van der Waals surface area contributed by atoms with Gasteiger partial charge in [-0.3, -0.25) is 24.8 Å². The lowest BCUT2D eigenvalue weighted by Crippen LogP contribution is -2.49. The van der Waals surface area contributed by atoms with Crippen molar-refractivity contribution in [3.05, 3.63) is 33.9 Å². The van der Waals surface area contributed by atoms with Gasteiger partial charge in [0.25, 0.3) is 5.69 Å². The minimum absolute atomic E-state index is 0.0169. The molecule has 2 unspecified atom stereocenters.